The summed E-state index contributed by atoms with van der Waals surface area (Å²) in [5.74, 6) is 0.550. The Labute approximate surface area is 209 Å². The topological polar surface area (TPSA) is 61.6 Å². The van der Waals surface area contributed by atoms with Gasteiger partial charge in [0, 0.05) is 24.0 Å². The Morgan fingerprint density at radius 1 is 1.17 bits per heavy atom. The first-order chi connectivity index (χ1) is 16.8. The Balaban J connectivity index is 1.61. The molecule has 1 N–H and O–H groups in total. The highest BCUT2D eigenvalue weighted by atomic mass is 16.3. The van der Waals surface area contributed by atoms with Gasteiger partial charge in [-0.05, 0) is 87.1 Å². The molecule has 2 aromatic carbocycles. The van der Waals surface area contributed by atoms with E-state index in [0.29, 0.717) is 18.2 Å². The summed E-state index contributed by atoms with van der Waals surface area (Å²) < 4.78 is 1.97. The molecule has 1 aliphatic carbocycles. The molecule has 1 amide bonds. The van der Waals surface area contributed by atoms with Crippen molar-refractivity contribution in [3.63, 3.8) is 0 Å². The minimum absolute atomic E-state index is 0.0780. The molecule has 0 aliphatic heterocycles. The van der Waals surface area contributed by atoms with Crippen molar-refractivity contribution in [2.75, 3.05) is 25.5 Å². The van der Waals surface area contributed by atoms with Gasteiger partial charge in [0.25, 0.3) is 0 Å². The monoisotopic (exact) mass is 474 g/mol. The molecular weight excluding hydrogens is 436 g/mol. The van der Waals surface area contributed by atoms with E-state index in [2.05, 4.69) is 68.4 Å². The molecule has 0 saturated carbocycles. The van der Waals surface area contributed by atoms with E-state index < -0.39 is 0 Å². The number of phenols is 1. The van der Waals surface area contributed by atoms with Gasteiger partial charge in [0.1, 0.15) is 5.75 Å². The lowest BCUT2D eigenvalue weighted by Gasteiger charge is -2.31. The number of aromatic hydroxyl groups is 1. The summed E-state index contributed by atoms with van der Waals surface area (Å²) in [6, 6.07) is 13.9. The zero-order valence-electron chi connectivity index (χ0n) is 21.4. The molecule has 1 aliphatic rings. The highest BCUT2D eigenvalue weighted by Crippen LogP contribution is 2.38. The number of hydrogen-bond acceptors (Lipinski definition) is 4. The Kier molecular flexibility index (Phi) is 7.91. The largest absolute Gasteiger partial charge is 0.508 e. The third-order valence-electron chi connectivity index (χ3n) is 6.94. The SMILES string of the molecule is CC(C)c1ccc(N(Cc2cnn(CCCN(C)C)c2)C(=O)C2CCCc3c(O)cccc32)cc1. The molecule has 1 unspecified atom stereocenters. The highest BCUT2D eigenvalue weighted by Gasteiger charge is 2.32. The second kappa shape index (κ2) is 11.1. The number of aryl methyl sites for hydroxylation is 1. The van der Waals surface area contributed by atoms with Crippen LogP contribution in [0.2, 0.25) is 0 Å². The molecule has 0 radical (unpaired) electrons. The molecule has 0 spiro atoms. The third kappa shape index (κ3) is 5.93. The van der Waals surface area contributed by atoms with Crippen LogP contribution in [0.5, 0.6) is 5.75 Å². The summed E-state index contributed by atoms with van der Waals surface area (Å²) in [6.45, 7) is 6.68. The summed E-state index contributed by atoms with van der Waals surface area (Å²) in [5.41, 5.74) is 5.04. The molecule has 0 bridgehead atoms. The number of benzene rings is 2. The molecule has 6 nitrogen and oxygen atoms in total. The molecule has 3 aromatic rings. The van der Waals surface area contributed by atoms with Gasteiger partial charge in [-0.3, -0.25) is 9.48 Å². The fourth-order valence-electron chi connectivity index (χ4n) is 4.95. The van der Waals surface area contributed by atoms with Crippen LogP contribution in [0.25, 0.3) is 0 Å². The molecular formula is C29H38N4O2. The van der Waals surface area contributed by atoms with E-state index in [9.17, 15) is 9.90 Å². The zero-order chi connectivity index (χ0) is 24.9. The molecule has 186 valence electrons. The van der Waals surface area contributed by atoms with Crippen molar-refractivity contribution in [2.24, 2.45) is 0 Å². The third-order valence-corrected chi connectivity index (χ3v) is 6.94. The van der Waals surface area contributed by atoms with E-state index in [0.717, 1.165) is 61.2 Å². The molecule has 1 aromatic heterocycles. The van der Waals surface area contributed by atoms with Gasteiger partial charge in [-0.15, -0.1) is 0 Å². The zero-order valence-corrected chi connectivity index (χ0v) is 21.4. The number of carbonyl (C=O) groups is 1. The molecule has 4 rings (SSSR count). The standard InChI is InChI=1S/C29H38N4O2/c1-21(2)23-12-14-24(15-13-23)33(20-22-18-30-32(19-22)17-7-16-31(3)4)29(35)27-10-5-9-26-25(27)8-6-11-28(26)34/h6,8,11-15,18-19,21,27,34H,5,7,9-10,16-17,20H2,1-4H3. The molecule has 0 fully saturated rings. The number of fused-ring (bicyclic) bond motifs is 1. The van der Waals surface area contributed by atoms with Gasteiger partial charge < -0.3 is 14.9 Å². The van der Waals surface area contributed by atoms with Gasteiger partial charge in [-0.25, -0.2) is 0 Å². The van der Waals surface area contributed by atoms with Gasteiger partial charge in [-0.2, -0.15) is 5.10 Å². The summed E-state index contributed by atoms with van der Waals surface area (Å²) in [6.07, 6.45) is 7.45. The second-order valence-corrected chi connectivity index (χ2v) is 10.2. The number of carbonyl (C=O) groups excluding carboxylic acids is 1. The van der Waals surface area contributed by atoms with E-state index in [1.54, 1.807) is 6.07 Å². The van der Waals surface area contributed by atoms with E-state index in [4.69, 9.17) is 0 Å². The number of phenolic OH excluding ortho intramolecular Hbond substituents is 1. The van der Waals surface area contributed by atoms with Crippen molar-refractivity contribution < 1.29 is 9.90 Å². The predicted octanol–water partition coefficient (Wildman–Crippen LogP) is 5.32. The molecule has 1 atom stereocenters. The van der Waals surface area contributed by atoms with Crippen molar-refractivity contribution in [1.82, 2.24) is 14.7 Å². The normalized spacial score (nSPS) is 15.4. The Hall–Kier alpha value is -3.12. The minimum Gasteiger partial charge on any atom is -0.508 e. The van der Waals surface area contributed by atoms with Gasteiger partial charge in [0.15, 0.2) is 0 Å². The van der Waals surface area contributed by atoms with Crippen molar-refractivity contribution in [1.29, 1.82) is 0 Å². The number of anilines is 1. The number of hydrogen-bond donors (Lipinski definition) is 1. The van der Waals surface area contributed by atoms with Crippen molar-refractivity contribution in [3.8, 4) is 5.75 Å². The first-order valence-electron chi connectivity index (χ1n) is 12.7. The van der Waals surface area contributed by atoms with Crippen LogP contribution in [0, 0.1) is 0 Å². The lowest BCUT2D eigenvalue weighted by Crippen LogP contribution is -2.36. The average molecular weight is 475 g/mol. The van der Waals surface area contributed by atoms with E-state index in [-0.39, 0.29) is 11.8 Å². The van der Waals surface area contributed by atoms with Crippen LogP contribution in [0.1, 0.15) is 67.2 Å². The average Bonchev–Trinajstić information content (AvgIpc) is 3.29. The van der Waals surface area contributed by atoms with Crippen molar-refractivity contribution >= 4 is 11.6 Å². The maximum absolute atomic E-state index is 14.1. The van der Waals surface area contributed by atoms with Crippen LogP contribution in [0.4, 0.5) is 5.69 Å². The highest BCUT2D eigenvalue weighted by molar-refractivity contribution is 5.98. The molecule has 6 heteroatoms. The Morgan fingerprint density at radius 3 is 2.66 bits per heavy atom. The minimum atomic E-state index is -0.259. The summed E-state index contributed by atoms with van der Waals surface area (Å²) >= 11 is 0. The summed E-state index contributed by atoms with van der Waals surface area (Å²) in [7, 11) is 4.15. The Bertz CT molecular complexity index is 1130. The van der Waals surface area contributed by atoms with Crippen LogP contribution in [0.3, 0.4) is 0 Å². The number of rotatable bonds is 9. The van der Waals surface area contributed by atoms with Crippen molar-refractivity contribution in [3.05, 3.63) is 77.1 Å². The van der Waals surface area contributed by atoms with Crippen LogP contribution in [-0.2, 0) is 24.3 Å². The van der Waals surface area contributed by atoms with E-state index >= 15 is 0 Å². The first kappa shape index (κ1) is 25.0. The molecule has 0 saturated heterocycles. The smallest absolute Gasteiger partial charge is 0.234 e. The predicted molar refractivity (Wildman–Crippen MR) is 141 cm³/mol. The fourth-order valence-corrected chi connectivity index (χ4v) is 4.95. The van der Waals surface area contributed by atoms with E-state index in [1.807, 2.05) is 27.9 Å². The maximum atomic E-state index is 14.1. The lowest BCUT2D eigenvalue weighted by atomic mass is 9.81. The Morgan fingerprint density at radius 2 is 1.94 bits per heavy atom. The van der Waals surface area contributed by atoms with Gasteiger partial charge >= 0.3 is 0 Å². The number of nitrogens with zero attached hydrogens (tertiary/aromatic N) is 4. The lowest BCUT2D eigenvalue weighted by molar-refractivity contribution is -0.120. The molecule has 1 heterocycles. The fraction of sp³-hybridized carbons (Fsp3) is 0.448. The van der Waals surface area contributed by atoms with Gasteiger partial charge in [0.2, 0.25) is 5.91 Å². The first-order valence-corrected chi connectivity index (χ1v) is 12.7. The maximum Gasteiger partial charge on any atom is 0.234 e. The summed E-state index contributed by atoms with van der Waals surface area (Å²) in [4.78, 5) is 18.1. The van der Waals surface area contributed by atoms with Crippen LogP contribution in [0.15, 0.2) is 54.9 Å². The van der Waals surface area contributed by atoms with Crippen LogP contribution in [-0.4, -0.2) is 46.3 Å². The quantitative estimate of drug-likeness (QED) is 0.456. The van der Waals surface area contributed by atoms with Gasteiger partial charge in [0.05, 0.1) is 18.7 Å². The van der Waals surface area contributed by atoms with Crippen LogP contribution >= 0.6 is 0 Å². The van der Waals surface area contributed by atoms with Crippen LogP contribution < -0.4 is 4.90 Å². The second-order valence-electron chi connectivity index (χ2n) is 10.2. The van der Waals surface area contributed by atoms with E-state index in [1.165, 1.54) is 5.56 Å². The van der Waals surface area contributed by atoms with Crippen molar-refractivity contribution in [2.45, 2.75) is 64.5 Å². The molecule has 35 heavy (non-hydrogen) atoms. The number of amides is 1. The number of aromatic nitrogens is 2. The van der Waals surface area contributed by atoms with Gasteiger partial charge in [-0.1, -0.05) is 38.1 Å². The summed E-state index contributed by atoms with van der Waals surface area (Å²) in [5, 5.41) is 14.9.